The Balaban J connectivity index is 1.67. The largest absolute Gasteiger partial charge is 0.500 e. The van der Waals surface area contributed by atoms with Gasteiger partial charge < -0.3 is 4.74 Å². The smallest absolute Gasteiger partial charge is 0.285 e. The highest BCUT2D eigenvalue weighted by Crippen LogP contribution is 2.29. The predicted octanol–water partition coefficient (Wildman–Crippen LogP) is 6.01. The van der Waals surface area contributed by atoms with Crippen molar-refractivity contribution in [3.05, 3.63) is 40.6 Å². The number of hydrazine groups is 1. The molecule has 1 heterocycles. The first kappa shape index (κ1) is 27.2. The number of carbonyl (C=O) groups excluding carboxylic acids is 2. The minimum absolute atomic E-state index is 0.0746. The third-order valence-electron chi connectivity index (χ3n) is 5.40. The zero-order valence-electron chi connectivity index (χ0n) is 19.9. The first-order valence-corrected chi connectivity index (χ1v) is 12.5. The van der Waals surface area contributed by atoms with Gasteiger partial charge in [0.15, 0.2) is 0 Å². The second-order valence-corrected chi connectivity index (χ2v) is 8.53. The number of ether oxygens (including phenoxy) is 1. The Bertz CT molecular complexity index is 784. The summed E-state index contributed by atoms with van der Waals surface area (Å²) in [5.41, 5.74) is 3.56. The number of benzene rings is 1. The molecule has 1 saturated heterocycles. The molecule has 1 aromatic rings. The SMILES string of the molecule is CCCCCCCCCCCCOOCc1ccc(Cl)c(N2NC(=O)C(=COCC)C2=O)c1. The van der Waals surface area contributed by atoms with E-state index < -0.39 is 11.8 Å². The van der Waals surface area contributed by atoms with E-state index in [4.69, 9.17) is 26.1 Å². The summed E-state index contributed by atoms with van der Waals surface area (Å²) in [6.07, 6.45) is 13.8. The predicted molar refractivity (Wildman–Crippen MR) is 129 cm³/mol. The molecule has 33 heavy (non-hydrogen) atoms. The van der Waals surface area contributed by atoms with Crippen LogP contribution in [-0.2, 0) is 30.7 Å². The molecule has 0 radical (unpaired) electrons. The van der Waals surface area contributed by atoms with Crippen molar-refractivity contribution >= 4 is 29.1 Å². The third-order valence-corrected chi connectivity index (χ3v) is 5.72. The van der Waals surface area contributed by atoms with Gasteiger partial charge in [-0.3, -0.25) is 15.0 Å². The van der Waals surface area contributed by atoms with Crippen molar-refractivity contribution in [2.75, 3.05) is 18.2 Å². The lowest BCUT2D eigenvalue weighted by Crippen LogP contribution is -2.36. The molecule has 8 heteroatoms. The second-order valence-electron chi connectivity index (χ2n) is 8.12. The van der Waals surface area contributed by atoms with Crippen LogP contribution >= 0.6 is 11.6 Å². The molecule has 0 aromatic heterocycles. The molecule has 1 fully saturated rings. The standard InChI is InChI=1S/C25H37ClN2O5/c1-3-5-6-7-8-9-10-11-12-13-16-32-33-18-20-14-15-22(26)23(17-20)28-25(30)21(19-31-4-2)24(29)27-28/h14-15,17,19H,3-13,16,18H2,1-2H3,(H,27,29). The molecule has 0 saturated carbocycles. The summed E-state index contributed by atoms with van der Waals surface area (Å²) in [5, 5.41) is 1.44. The summed E-state index contributed by atoms with van der Waals surface area (Å²) in [4.78, 5) is 35.2. The molecular weight excluding hydrogens is 444 g/mol. The lowest BCUT2D eigenvalue weighted by Gasteiger charge is -2.17. The maximum atomic E-state index is 12.6. The number of halogens is 1. The van der Waals surface area contributed by atoms with Crippen molar-refractivity contribution in [2.24, 2.45) is 0 Å². The quantitative estimate of drug-likeness (QED) is 0.0737. The summed E-state index contributed by atoms with van der Waals surface area (Å²) in [6, 6.07) is 5.13. The van der Waals surface area contributed by atoms with E-state index >= 15 is 0 Å². The Morgan fingerprint density at radius 3 is 2.27 bits per heavy atom. The number of amides is 2. The van der Waals surface area contributed by atoms with E-state index in [9.17, 15) is 9.59 Å². The minimum Gasteiger partial charge on any atom is -0.500 e. The topological polar surface area (TPSA) is 77.1 Å². The molecule has 7 nitrogen and oxygen atoms in total. The molecule has 1 N–H and O–H groups in total. The van der Waals surface area contributed by atoms with Gasteiger partial charge in [-0.2, -0.15) is 0 Å². The molecule has 1 aromatic carbocycles. The van der Waals surface area contributed by atoms with Crippen LogP contribution in [0.4, 0.5) is 5.69 Å². The van der Waals surface area contributed by atoms with Gasteiger partial charge in [0.25, 0.3) is 11.8 Å². The molecule has 0 atom stereocenters. The molecule has 0 aliphatic carbocycles. The lowest BCUT2D eigenvalue weighted by molar-refractivity contribution is -0.304. The van der Waals surface area contributed by atoms with Gasteiger partial charge in [-0.1, -0.05) is 82.4 Å². The second kappa shape index (κ2) is 15.7. The van der Waals surface area contributed by atoms with E-state index in [1.807, 2.05) is 0 Å². The Hall–Kier alpha value is -2.09. The van der Waals surface area contributed by atoms with Gasteiger partial charge in [0.05, 0.1) is 23.9 Å². The van der Waals surface area contributed by atoms with Gasteiger partial charge in [-0.25, -0.2) is 14.8 Å². The number of rotatable bonds is 17. The van der Waals surface area contributed by atoms with Crippen molar-refractivity contribution in [3.8, 4) is 0 Å². The number of nitrogens with zero attached hydrogens (tertiary/aromatic N) is 1. The molecule has 2 rings (SSSR count). The highest BCUT2D eigenvalue weighted by molar-refractivity contribution is 6.36. The van der Waals surface area contributed by atoms with Crippen LogP contribution in [0.3, 0.4) is 0 Å². The first-order valence-electron chi connectivity index (χ1n) is 12.1. The van der Waals surface area contributed by atoms with Crippen LogP contribution in [0, 0.1) is 0 Å². The van der Waals surface area contributed by atoms with Crippen molar-refractivity contribution in [2.45, 2.75) is 84.7 Å². The van der Waals surface area contributed by atoms with Gasteiger partial charge >= 0.3 is 0 Å². The minimum atomic E-state index is -0.536. The Kier molecular flexibility index (Phi) is 12.9. The Labute approximate surface area is 202 Å². The average molecular weight is 481 g/mol. The molecule has 1 aliphatic rings. The summed E-state index contributed by atoms with van der Waals surface area (Å²) < 4.78 is 5.09. The van der Waals surface area contributed by atoms with Gasteiger partial charge in [-0.05, 0) is 31.0 Å². The number of unbranched alkanes of at least 4 members (excludes halogenated alkanes) is 9. The van der Waals surface area contributed by atoms with Crippen molar-refractivity contribution in [1.29, 1.82) is 0 Å². The first-order chi connectivity index (χ1) is 16.1. The number of carbonyl (C=O) groups is 2. The van der Waals surface area contributed by atoms with Gasteiger partial charge in [0.1, 0.15) is 18.4 Å². The summed E-state index contributed by atoms with van der Waals surface area (Å²) in [7, 11) is 0. The number of anilines is 1. The molecular formula is C25H37ClN2O5. The van der Waals surface area contributed by atoms with E-state index in [1.54, 1.807) is 25.1 Å². The van der Waals surface area contributed by atoms with Crippen LogP contribution < -0.4 is 10.4 Å². The van der Waals surface area contributed by atoms with E-state index in [-0.39, 0.29) is 12.2 Å². The highest BCUT2D eigenvalue weighted by Gasteiger charge is 2.36. The maximum Gasteiger partial charge on any atom is 0.285 e. The van der Waals surface area contributed by atoms with E-state index in [0.717, 1.165) is 23.4 Å². The fraction of sp³-hybridized carbons (Fsp3) is 0.600. The van der Waals surface area contributed by atoms with Gasteiger partial charge in [0.2, 0.25) is 0 Å². The molecule has 0 spiro atoms. The molecule has 184 valence electrons. The van der Waals surface area contributed by atoms with E-state index in [1.165, 1.54) is 57.6 Å². The molecule has 0 bridgehead atoms. The van der Waals surface area contributed by atoms with Crippen LogP contribution in [0.1, 0.15) is 83.6 Å². The average Bonchev–Trinajstić information content (AvgIpc) is 3.09. The van der Waals surface area contributed by atoms with Crippen molar-refractivity contribution in [3.63, 3.8) is 0 Å². The number of hydrogen-bond acceptors (Lipinski definition) is 5. The monoisotopic (exact) mass is 480 g/mol. The van der Waals surface area contributed by atoms with Crippen LogP contribution in [0.25, 0.3) is 0 Å². The number of hydrogen-bond donors (Lipinski definition) is 1. The van der Waals surface area contributed by atoms with Gasteiger partial charge in [-0.15, -0.1) is 0 Å². The molecule has 2 amide bonds. The summed E-state index contributed by atoms with van der Waals surface area (Å²) >= 11 is 6.26. The lowest BCUT2D eigenvalue weighted by atomic mass is 10.1. The fourth-order valence-corrected chi connectivity index (χ4v) is 3.71. The van der Waals surface area contributed by atoms with E-state index in [0.29, 0.717) is 23.9 Å². The Morgan fingerprint density at radius 2 is 1.61 bits per heavy atom. The van der Waals surface area contributed by atoms with Crippen LogP contribution in [0.2, 0.25) is 5.02 Å². The summed E-state index contributed by atoms with van der Waals surface area (Å²) in [6.45, 7) is 5.12. The third kappa shape index (κ3) is 9.35. The van der Waals surface area contributed by atoms with Gasteiger partial charge in [0, 0.05) is 0 Å². The zero-order chi connectivity index (χ0) is 23.9. The van der Waals surface area contributed by atoms with E-state index in [2.05, 4.69) is 12.3 Å². The molecule has 1 aliphatic heterocycles. The van der Waals surface area contributed by atoms with Crippen LogP contribution in [-0.4, -0.2) is 25.0 Å². The zero-order valence-corrected chi connectivity index (χ0v) is 20.6. The normalized spacial score (nSPS) is 14.9. The summed E-state index contributed by atoms with van der Waals surface area (Å²) in [5.74, 6) is -1.06. The highest BCUT2D eigenvalue weighted by atomic mass is 35.5. The maximum absolute atomic E-state index is 12.6. The Morgan fingerprint density at radius 1 is 0.939 bits per heavy atom. The fourth-order valence-electron chi connectivity index (χ4n) is 3.51. The molecule has 0 unspecified atom stereocenters. The van der Waals surface area contributed by atoms with Crippen molar-refractivity contribution < 1.29 is 24.1 Å². The van der Waals surface area contributed by atoms with Crippen molar-refractivity contribution in [1.82, 2.24) is 5.43 Å². The van der Waals surface area contributed by atoms with Crippen LogP contribution in [0.5, 0.6) is 0 Å². The van der Waals surface area contributed by atoms with Crippen LogP contribution in [0.15, 0.2) is 30.0 Å². The number of nitrogens with one attached hydrogen (secondary N) is 1.